The van der Waals surface area contributed by atoms with Gasteiger partial charge in [0.25, 0.3) is 11.8 Å². The molecule has 0 saturated carbocycles. The first-order valence-electron chi connectivity index (χ1n) is 7.82. The molecule has 0 unspecified atom stereocenters. The van der Waals surface area contributed by atoms with Gasteiger partial charge in [-0.25, -0.2) is 0 Å². The number of thiophene rings is 1. The van der Waals surface area contributed by atoms with E-state index in [0.29, 0.717) is 30.4 Å². The Kier molecular flexibility index (Phi) is 3.68. The fraction of sp³-hybridized carbons (Fsp3) is 0.375. The Morgan fingerprint density at radius 3 is 3.04 bits per heavy atom. The summed E-state index contributed by atoms with van der Waals surface area (Å²) in [6.07, 6.45) is 0.838. The van der Waals surface area contributed by atoms with Crippen molar-refractivity contribution in [3.05, 3.63) is 40.3 Å². The molecule has 1 fully saturated rings. The second kappa shape index (κ2) is 5.86. The van der Waals surface area contributed by atoms with E-state index in [1.165, 1.54) is 0 Å². The molecule has 1 aliphatic heterocycles. The summed E-state index contributed by atoms with van der Waals surface area (Å²) >= 11 is 1.57. The van der Waals surface area contributed by atoms with Crippen LogP contribution in [0, 0.1) is 13.8 Å². The van der Waals surface area contributed by atoms with Crippen LogP contribution < -0.4 is 0 Å². The normalized spacial score (nSPS) is 17.6. The van der Waals surface area contributed by atoms with E-state index in [1.807, 2.05) is 36.3 Å². The van der Waals surface area contributed by atoms with Gasteiger partial charge in [0.1, 0.15) is 0 Å². The van der Waals surface area contributed by atoms with Crippen molar-refractivity contribution in [2.24, 2.45) is 0 Å². The molecule has 3 aromatic rings. The Bertz CT molecular complexity index is 848. The molecule has 24 heavy (non-hydrogen) atoms. The van der Waals surface area contributed by atoms with Crippen molar-refractivity contribution < 1.29 is 9.32 Å². The molecule has 0 aromatic carbocycles. The molecule has 7 nitrogen and oxygen atoms in total. The molecule has 4 heterocycles. The average molecular weight is 343 g/mol. The van der Waals surface area contributed by atoms with Crippen LogP contribution in [0.3, 0.4) is 0 Å². The largest absolute Gasteiger partial charge is 0.338 e. The summed E-state index contributed by atoms with van der Waals surface area (Å²) in [6.45, 7) is 5.01. The fourth-order valence-corrected chi connectivity index (χ4v) is 3.73. The number of aromatic amines is 1. The van der Waals surface area contributed by atoms with Gasteiger partial charge in [0.2, 0.25) is 0 Å². The number of aromatic nitrogens is 4. The number of carbonyl (C=O) groups excluding carboxylic acids is 1. The highest BCUT2D eigenvalue weighted by Gasteiger charge is 2.32. The number of H-pyrrole nitrogens is 1. The molecule has 1 atom stereocenters. The van der Waals surface area contributed by atoms with Gasteiger partial charge in [0.15, 0.2) is 5.82 Å². The smallest absolute Gasteiger partial charge is 0.267 e. The zero-order chi connectivity index (χ0) is 16.7. The molecular weight excluding hydrogens is 326 g/mol. The van der Waals surface area contributed by atoms with E-state index in [-0.39, 0.29) is 11.8 Å². The van der Waals surface area contributed by atoms with Gasteiger partial charge in [0.05, 0.1) is 16.1 Å². The standard InChI is InChI=1S/C16H17N5O2S/c1-9-13(10(2)19-18-9)16(22)21-6-5-11(8-21)14-17-15(23-20-14)12-4-3-7-24-12/h3-4,7,11H,5-6,8H2,1-2H3,(H,18,19)/t11-/m0/s1. The van der Waals surface area contributed by atoms with Crippen molar-refractivity contribution in [1.29, 1.82) is 0 Å². The first kappa shape index (κ1) is 15.1. The molecule has 0 radical (unpaired) electrons. The first-order valence-corrected chi connectivity index (χ1v) is 8.69. The lowest BCUT2D eigenvalue weighted by Gasteiger charge is -2.15. The minimum Gasteiger partial charge on any atom is -0.338 e. The molecule has 8 heteroatoms. The lowest BCUT2D eigenvalue weighted by atomic mass is 10.1. The van der Waals surface area contributed by atoms with Crippen LogP contribution in [0.1, 0.15) is 39.9 Å². The summed E-state index contributed by atoms with van der Waals surface area (Å²) < 4.78 is 5.36. The van der Waals surface area contributed by atoms with E-state index in [0.717, 1.165) is 22.7 Å². The average Bonchev–Trinajstić information content (AvgIpc) is 3.34. The fourth-order valence-electron chi connectivity index (χ4n) is 3.08. The van der Waals surface area contributed by atoms with Crippen molar-refractivity contribution in [2.45, 2.75) is 26.2 Å². The van der Waals surface area contributed by atoms with Crippen LogP contribution in [0.5, 0.6) is 0 Å². The molecule has 124 valence electrons. The van der Waals surface area contributed by atoms with Crippen molar-refractivity contribution in [3.8, 4) is 10.8 Å². The summed E-state index contributed by atoms with van der Waals surface area (Å²) in [5, 5.41) is 13.1. The number of nitrogens with one attached hydrogen (secondary N) is 1. The molecule has 1 saturated heterocycles. The lowest BCUT2D eigenvalue weighted by molar-refractivity contribution is 0.0789. The second-order valence-corrected chi connectivity index (χ2v) is 6.93. The quantitative estimate of drug-likeness (QED) is 0.790. The lowest BCUT2D eigenvalue weighted by Crippen LogP contribution is -2.29. The van der Waals surface area contributed by atoms with Gasteiger partial charge < -0.3 is 9.42 Å². The van der Waals surface area contributed by atoms with Crippen molar-refractivity contribution in [3.63, 3.8) is 0 Å². The van der Waals surface area contributed by atoms with E-state index in [2.05, 4.69) is 20.3 Å². The van der Waals surface area contributed by atoms with Gasteiger partial charge in [-0.2, -0.15) is 10.1 Å². The number of hydrogen-bond acceptors (Lipinski definition) is 6. The third kappa shape index (κ3) is 2.52. The predicted molar refractivity (Wildman–Crippen MR) is 88.9 cm³/mol. The maximum Gasteiger partial charge on any atom is 0.267 e. The van der Waals surface area contributed by atoms with E-state index >= 15 is 0 Å². The van der Waals surface area contributed by atoms with Gasteiger partial charge >= 0.3 is 0 Å². The zero-order valence-electron chi connectivity index (χ0n) is 13.4. The highest BCUT2D eigenvalue weighted by molar-refractivity contribution is 7.13. The number of amides is 1. The molecule has 1 N–H and O–H groups in total. The summed E-state index contributed by atoms with van der Waals surface area (Å²) in [7, 11) is 0. The third-order valence-electron chi connectivity index (χ3n) is 4.36. The van der Waals surface area contributed by atoms with E-state index in [4.69, 9.17) is 4.52 Å². The number of nitrogens with zero attached hydrogens (tertiary/aromatic N) is 4. The van der Waals surface area contributed by atoms with Crippen molar-refractivity contribution in [2.75, 3.05) is 13.1 Å². The summed E-state index contributed by atoms with van der Waals surface area (Å²) in [6, 6.07) is 3.91. The Labute approximate surface area is 142 Å². The minimum atomic E-state index is 0.0169. The van der Waals surface area contributed by atoms with E-state index in [9.17, 15) is 4.79 Å². The maximum atomic E-state index is 12.7. The number of hydrogen-bond donors (Lipinski definition) is 1. The van der Waals surface area contributed by atoms with Crippen molar-refractivity contribution >= 4 is 17.2 Å². The summed E-state index contributed by atoms with van der Waals surface area (Å²) in [5.41, 5.74) is 2.21. The number of carbonyl (C=O) groups is 1. The first-order chi connectivity index (χ1) is 11.6. The Morgan fingerprint density at radius 2 is 2.33 bits per heavy atom. The molecule has 3 aromatic heterocycles. The molecule has 0 spiro atoms. The molecule has 0 aliphatic carbocycles. The molecule has 1 amide bonds. The summed E-state index contributed by atoms with van der Waals surface area (Å²) in [4.78, 5) is 20.0. The minimum absolute atomic E-state index is 0.0169. The molecular formula is C16H17N5O2S. The molecule has 0 bridgehead atoms. The SMILES string of the molecule is Cc1n[nH]c(C)c1C(=O)N1CC[C@H](c2noc(-c3cccs3)n2)C1. The van der Waals surface area contributed by atoms with Gasteiger partial charge in [-0.3, -0.25) is 9.89 Å². The highest BCUT2D eigenvalue weighted by atomic mass is 32.1. The van der Waals surface area contributed by atoms with Crippen LogP contribution in [0.15, 0.2) is 22.0 Å². The number of likely N-dealkylation sites (tertiary alicyclic amines) is 1. The monoisotopic (exact) mass is 343 g/mol. The van der Waals surface area contributed by atoms with Crippen molar-refractivity contribution in [1.82, 2.24) is 25.2 Å². The Hall–Kier alpha value is -2.48. The van der Waals surface area contributed by atoms with Crippen LogP contribution in [0.25, 0.3) is 10.8 Å². The van der Waals surface area contributed by atoms with Crippen LogP contribution in [-0.2, 0) is 0 Å². The topological polar surface area (TPSA) is 87.9 Å². The van der Waals surface area contributed by atoms with Gasteiger partial charge in [-0.05, 0) is 31.7 Å². The van der Waals surface area contributed by atoms with Crippen LogP contribution in [-0.4, -0.2) is 44.2 Å². The Balaban J connectivity index is 1.50. The number of rotatable bonds is 3. The van der Waals surface area contributed by atoms with Crippen LogP contribution in [0.2, 0.25) is 0 Å². The Morgan fingerprint density at radius 1 is 1.46 bits per heavy atom. The van der Waals surface area contributed by atoms with E-state index < -0.39 is 0 Å². The van der Waals surface area contributed by atoms with E-state index in [1.54, 1.807) is 11.3 Å². The molecule has 4 rings (SSSR count). The van der Waals surface area contributed by atoms with Gasteiger partial charge in [-0.15, -0.1) is 11.3 Å². The van der Waals surface area contributed by atoms with Crippen LogP contribution in [0.4, 0.5) is 0 Å². The summed E-state index contributed by atoms with van der Waals surface area (Å²) in [5.74, 6) is 1.35. The van der Waals surface area contributed by atoms with Gasteiger partial charge in [0, 0.05) is 24.7 Å². The molecule has 1 aliphatic rings. The predicted octanol–water partition coefficient (Wildman–Crippen LogP) is 2.77. The number of aryl methyl sites for hydroxylation is 2. The van der Waals surface area contributed by atoms with Gasteiger partial charge in [-0.1, -0.05) is 11.2 Å². The second-order valence-electron chi connectivity index (χ2n) is 5.98. The van der Waals surface area contributed by atoms with Crippen LogP contribution >= 0.6 is 11.3 Å². The maximum absolute atomic E-state index is 12.7. The zero-order valence-corrected chi connectivity index (χ0v) is 14.3. The highest BCUT2D eigenvalue weighted by Crippen LogP contribution is 2.30. The third-order valence-corrected chi connectivity index (χ3v) is 5.21.